The lowest BCUT2D eigenvalue weighted by Crippen LogP contribution is -2.42. The van der Waals surface area contributed by atoms with E-state index in [1.54, 1.807) is 6.92 Å². The highest BCUT2D eigenvalue weighted by Crippen LogP contribution is 2.21. The number of nitrogens with zero attached hydrogens (tertiary/aromatic N) is 1. The van der Waals surface area contributed by atoms with Crippen LogP contribution in [0.25, 0.3) is 0 Å². The van der Waals surface area contributed by atoms with E-state index in [1.807, 2.05) is 0 Å². The molecule has 2 N–H and O–H groups in total. The zero-order valence-electron chi connectivity index (χ0n) is 9.75. The average molecular weight is 281 g/mol. The molecular weight excluding hydrogens is 267 g/mol. The number of alkyl halides is 1. The molecule has 0 bridgehead atoms. The Balaban J connectivity index is 2.60. The SMILES string of the molecule is Cc1sc(Cl)nc1C(=O)NCC(F)C(C)(C)O. The van der Waals surface area contributed by atoms with Gasteiger partial charge in [0, 0.05) is 4.88 Å². The summed E-state index contributed by atoms with van der Waals surface area (Å²) in [6, 6.07) is 0. The zero-order chi connectivity index (χ0) is 13.2. The first kappa shape index (κ1) is 14.3. The average Bonchev–Trinajstić information content (AvgIpc) is 2.52. The minimum Gasteiger partial charge on any atom is -0.387 e. The van der Waals surface area contributed by atoms with Gasteiger partial charge in [0.2, 0.25) is 0 Å². The van der Waals surface area contributed by atoms with E-state index in [0.29, 0.717) is 4.88 Å². The number of halogens is 2. The Morgan fingerprint density at radius 3 is 2.71 bits per heavy atom. The molecule has 0 fully saturated rings. The van der Waals surface area contributed by atoms with Crippen molar-refractivity contribution in [3.8, 4) is 0 Å². The first-order valence-corrected chi connectivity index (χ1v) is 6.19. The second-order valence-corrected chi connectivity index (χ2v) is 5.99. The molecule has 1 aromatic heterocycles. The number of carbonyl (C=O) groups excluding carboxylic acids is 1. The largest absolute Gasteiger partial charge is 0.387 e. The van der Waals surface area contributed by atoms with Crippen LogP contribution >= 0.6 is 22.9 Å². The Morgan fingerprint density at radius 2 is 2.29 bits per heavy atom. The van der Waals surface area contributed by atoms with E-state index in [1.165, 1.54) is 25.2 Å². The number of aromatic nitrogens is 1. The normalized spacial score (nSPS) is 13.5. The molecule has 0 aliphatic heterocycles. The Morgan fingerprint density at radius 1 is 1.71 bits per heavy atom. The van der Waals surface area contributed by atoms with Crippen LogP contribution in [0.2, 0.25) is 4.47 Å². The molecular formula is C10H14ClFN2O2S. The van der Waals surface area contributed by atoms with Crippen molar-refractivity contribution in [1.29, 1.82) is 0 Å². The number of carbonyl (C=O) groups is 1. The van der Waals surface area contributed by atoms with Gasteiger partial charge in [0.05, 0.1) is 12.1 Å². The van der Waals surface area contributed by atoms with Gasteiger partial charge in [0.15, 0.2) is 4.47 Å². The third-order valence-corrected chi connectivity index (χ3v) is 3.27. The second-order valence-electron chi connectivity index (χ2n) is 4.20. The van der Waals surface area contributed by atoms with E-state index in [9.17, 15) is 14.3 Å². The lowest BCUT2D eigenvalue weighted by atomic mass is 10.0. The van der Waals surface area contributed by atoms with E-state index in [4.69, 9.17) is 11.6 Å². The summed E-state index contributed by atoms with van der Waals surface area (Å²) in [5.74, 6) is -0.488. The highest BCUT2D eigenvalue weighted by atomic mass is 35.5. The van der Waals surface area contributed by atoms with Crippen molar-refractivity contribution < 1.29 is 14.3 Å². The van der Waals surface area contributed by atoms with Crippen LogP contribution in [0, 0.1) is 6.92 Å². The molecule has 1 heterocycles. The van der Waals surface area contributed by atoms with Crippen LogP contribution in [0.15, 0.2) is 0 Å². The maximum absolute atomic E-state index is 13.4. The fourth-order valence-corrected chi connectivity index (χ4v) is 2.15. The first-order chi connectivity index (χ1) is 7.71. The van der Waals surface area contributed by atoms with Gasteiger partial charge in [-0.3, -0.25) is 4.79 Å². The number of hydrogen-bond acceptors (Lipinski definition) is 4. The zero-order valence-corrected chi connectivity index (χ0v) is 11.3. The molecule has 1 unspecified atom stereocenters. The number of rotatable bonds is 4. The molecule has 1 rings (SSSR count). The minimum absolute atomic E-state index is 0.197. The summed E-state index contributed by atoms with van der Waals surface area (Å²) < 4.78 is 13.7. The number of aliphatic hydroxyl groups is 1. The number of nitrogens with one attached hydrogen (secondary N) is 1. The molecule has 0 aromatic carbocycles. The summed E-state index contributed by atoms with van der Waals surface area (Å²) in [7, 11) is 0. The number of aryl methyl sites for hydroxylation is 1. The van der Waals surface area contributed by atoms with Crippen molar-refractivity contribution in [2.24, 2.45) is 0 Å². The Kier molecular flexibility index (Phi) is 4.46. The van der Waals surface area contributed by atoms with Crippen LogP contribution in [0.3, 0.4) is 0 Å². The van der Waals surface area contributed by atoms with Crippen LogP contribution in [0.1, 0.15) is 29.2 Å². The highest BCUT2D eigenvalue weighted by molar-refractivity contribution is 7.15. The molecule has 0 saturated heterocycles. The van der Waals surface area contributed by atoms with Gasteiger partial charge in [-0.1, -0.05) is 11.6 Å². The third-order valence-electron chi connectivity index (χ3n) is 2.19. The number of amides is 1. The standard InChI is InChI=1S/C10H14ClFN2O2S/c1-5-7(14-9(11)17-5)8(15)13-4-6(12)10(2,3)16/h6,16H,4H2,1-3H3,(H,13,15). The Labute approximate surface area is 108 Å². The quantitative estimate of drug-likeness (QED) is 0.886. The molecule has 0 aliphatic carbocycles. The van der Waals surface area contributed by atoms with Gasteiger partial charge in [-0.25, -0.2) is 9.37 Å². The monoisotopic (exact) mass is 280 g/mol. The van der Waals surface area contributed by atoms with Crippen molar-refractivity contribution in [1.82, 2.24) is 10.3 Å². The van der Waals surface area contributed by atoms with E-state index >= 15 is 0 Å². The van der Waals surface area contributed by atoms with Crippen molar-refractivity contribution in [2.75, 3.05) is 6.54 Å². The van der Waals surface area contributed by atoms with Gasteiger partial charge < -0.3 is 10.4 Å². The van der Waals surface area contributed by atoms with E-state index in [-0.39, 0.29) is 16.7 Å². The van der Waals surface area contributed by atoms with Crippen molar-refractivity contribution in [3.63, 3.8) is 0 Å². The van der Waals surface area contributed by atoms with Gasteiger partial charge >= 0.3 is 0 Å². The van der Waals surface area contributed by atoms with E-state index < -0.39 is 17.7 Å². The maximum Gasteiger partial charge on any atom is 0.271 e. The smallest absolute Gasteiger partial charge is 0.271 e. The maximum atomic E-state index is 13.4. The molecule has 0 aliphatic rings. The molecule has 96 valence electrons. The van der Waals surface area contributed by atoms with Crippen molar-refractivity contribution >= 4 is 28.8 Å². The Hall–Kier alpha value is -0.720. The minimum atomic E-state index is -1.54. The molecule has 0 spiro atoms. The summed E-state index contributed by atoms with van der Waals surface area (Å²) in [5.41, 5.74) is -1.29. The molecule has 4 nitrogen and oxygen atoms in total. The lowest BCUT2D eigenvalue weighted by Gasteiger charge is -2.22. The second kappa shape index (κ2) is 5.29. The molecule has 1 amide bonds. The molecule has 0 radical (unpaired) electrons. The van der Waals surface area contributed by atoms with Gasteiger partial charge in [-0.05, 0) is 20.8 Å². The van der Waals surface area contributed by atoms with Crippen LogP contribution in [0.4, 0.5) is 4.39 Å². The van der Waals surface area contributed by atoms with Crippen LogP contribution in [-0.4, -0.2) is 34.3 Å². The van der Waals surface area contributed by atoms with E-state index in [0.717, 1.165) is 0 Å². The fraction of sp³-hybridized carbons (Fsp3) is 0.600. The van der Waals surface area contributed by atoms with Gasteiger partial charge in [0.1, 0.15) is 11.9 Å². The summed E-state index contributed by atoms with van der Waals surface area (Å²) in [4.78, 5) is 16.1. The number of hydrogen-bond donors (Lipinski definition) is 2. The number of thiazole rings is 1. The third kappa shape index (κ3) is 3.90. The summed E-state index contributed by atoms with van der Waals surface area (Å²) in [6.45, 7) is 4.13. The summed E-state index contributed by atoms with van der Waals surface area (Å²) in [6.07, 6.45) is -1.54. The predicted molar refractivity (Wildman–Crippen MR) is 65.4 cm³/mol. The molecule has 7 heteroatoms. The predicted octanol–water partition coefficient (Wildman–Crippen LogP) is 1.94. The molecule has 1 aromatic rings. The fourth-order valence-electron chi connectivity index (χ4n) is 1.09. The van der Waals surface area contributed by atoms with Gasteiger partial charge in [-0.15, -0.1) is 11.3 Å². The van der Waals surface area contributed by atoms with Crippen molar-refractivity contribution in [3.05, 3.63) is 15.0 Å². The van der Waals surface area contributed by atoms with Crippen LogP contribution in [0.5, 0.6) is 0 Å². The van der Waals surface area contributed by atoms with Crippen molar-refractivity contribution in [2.45, 2.75) is 32.5 Å². The molecule has 17 heavy (non-hydrogen) atoms. The molecule has 0 saturated carbocycles. The highest BCUT2D eigenvalue weighted by Gasteiger charge is 2.27. The molecule has 1 atom stereocenters. The topological polar surface area (TPSA) is 62.2 Å². The van der Waals surface area contributed by atoms with Crippen LogP contribution < -0.4 is 5.32 Å². The first-order valence-electron chi connectivity index (χ1n) is 4.99. The van der Waals surface area contributed by atoms with Crippen LogP contribution in [-0.2, 0) is 0 Å². The summed E-state index contributed by atoms with van der Waals surface area (Å²) in [5, 5.41) is 11.7. The van der Waals surface area contributed by atoms with Gasteiger partial charge in [0.25, 0.3) is 5.91 Å². The summed E-state index contributed by atoms with van der Waals surface area (Å²) >= 11 is 6.85. The van der Waals surface area contributed by atoms with Gasteiger partial charge in [-0.2, -0.15) is 0 Å². The lowest BCUT2D eigenvalue weighted by molar-refractivity contribution is -0.00179. The van der Waals surface area contributed by atoms with E-state index in [2.05, 4.69) is 10.3 Å². The Bertz CT molecular complexity index is 417.